The molecule has 166 valence electrons. The van der Waals surface area contributed by atoms with Crippen LogP contribution in [0.15, 0.2) is 91.0 Å². The SMILES string of the molecule is CC(C)(C)OOC(C)(C)CC#CO[Si](c1ccccc1)(c1ccccc1)c1ccccc1. The van der Waals surface area contributed by atoms with Gasteiger partial charge in [0.05, 0.1) is 11.7 Å². The van der Waals surface area contributed by atoms with E-state index in [-0.39, 0.29) is 5.60 Å². The Hall–Kier alpha value is -2.84. The summed E-state index contributed by atoms with van der Waals surface area (Å²) in [5.41, 5.74) is -0.933. The van der Waals surface area contributed by atoms with E-state index in [0.29, 0.717) is 6.42 Å². The van der Waals surface area contributed by atoms with Gasteiger partial charge in [-0.2, -0.15) is 0 Å². The van der Waals surface area contributed by atoms with Crippen molar-refractivity contribution in [3.63, 3.8) is 0 Å². The highest BCUT2D eigenvalue weighted by Crippen LogP contribution is 2.19. The number of benzene rings is 3. The standard InChI is InChI=1S/C28H32O3Si/c1-27(2,3)30-31-28(4,5)22-15-23-29-32(24-16-9-6-10-17-24,25-18-11-7-12-19-25)26-20-13-8-14-21-26/h6-14,16-21H,22H2,1-5H3. The van der Waals surface area contributed by atoms with Crippen LogP contribution in [0.1, 0.15) is 41.0 Å². The molecule has 3 rings (SSSR count). The van der Waals surface area contributed by atoms with Crippen LogP contribution >= 0.6 is 0 Å². The summed E-state index contributed by atoms with van der Waals surface area (Å²) in [6.07, 6.45) is 3.53. The molecule has 4 heteroatoms. The maximum absolute atomic E-state index is 6.61. The van der Waals surface area contributed by atoms with Gasteiger partial charge >= 0.3 is 8.32 Å². The summed E-state index contributed by atoms with van der Waals surface area (Å²) >= 11 is 0. The summed E-state index contributed by atoms with van der Waals surface area (Å²) in [5.74, 6) is 3.18. The molecule has 0 amide bonds. The van der Waals surface area contributed by atoms with Crippen LogP contribution in [0.4, 0.5) is 0 Å². The molecule has 32 heavy (non-hydrogen) atoms. The summed E-state index contributed by atoms with van der Waals surface area (Å²) in [7, 11) is -2.81. The molecule has 3 aromatic carbocycles. The minimum Gasteiger partial charge on any atom is -0.485 e. The Morgan fingerprint density at radius 1 is 0.625 bits per heavy atom. The molecule has 3 aromatic rings. The van der Waals surface area contributed by atoms with Crippen LogP contribution in [-0.4, -0.2) is 19.5 Å². The van der Waals surface area contributed by atoms with E-state index in [9.17, 15) is 0 Å². The minimum absolute atomic E-state index is 0.378. The first-order chi connectivity index (χ1) is 15.2. The Balaban J connectivity index is 1.97. The molecular weight excluding hydrogens is 412 g/mol. The van der Waals surface area contributed by atoms with Gasteiger partial charge in [0.25, 0.3) is 0 Å². The zero-order valence-corrected chi connectivity index (χ0v) is 20.6. The van der Waals surface area contributed by atoms with Crippen LogP contribution in [0.25, 0.3) is 0 Å². The van der Waals surface area contributed by atoms with Crippen molar-refractivity contribution in [2.45, 2.75) is 52.2 Å². The maximum Gasteiger partial charge on any atom is 0.359 e. The van der Waals surface area contributed by atoms with E-state index in [1.54, 1.807) is 0 Å². The Morgan fingerprint density at radius 2 is 1.03 bits per heavy atom. The van der Waals surface area contributed by atoms with E-state index in [0.717, 1.165) is 15.6 Å². The lowest BCUT2D eigenvalue weighted by molar-refractivity contribution is -0.396. The summed E-state index contributed by atoms with van der Waals surface area (Å²) in [6.45, 7) is 9.79. The normalized spacial score (nSPS) is 12.0. The molecule has 0 N–H and O–H groups in total. The van der Waals surface area contributed by atoms with Gasteiger partial charge in [-0.15, -0.1) is 0 Å². The van der Waals surface area contributed by atoms with Crippen LogP contribution in [0.3, 0.4) is 0 Å². The van der Waals surface area contributed by atoms with Crippen LogP contribution < -0.4 is 15.6 Å². The molecular formula is C28H32O3Si. The predicted molar refractivity (Wildman–Crippen MR) is 133 cm³/mol. The monoisotopic (exact) mass is 444 g/mol. The van der Waals surface area contributed by atoms with E-state index >= 15 is 0 Å². The lowest BCUT2D eigenvalue weighted by Gasteiger charge is -2.30. The van der Waals surface area contributed by atoms with Gasteiger partial charge in [-0.25, -0.2) is 9.78 Å². The summed E-state index contributed by atoms with van der Waals surface area (Å²) < 4.78 is 6.61. The fourth-order valence-corrected chi connectivity index (χ4v) is 6.89. The minimum atomic E-state index is -2.81. The molecule has 0 bridgehead atoms. The molecule has 0 fully saturated rings. The van der Waals surface area contributed by atoms with E-state index < -0.39 is 13.9 Å². The molecule has 0 spiro atoms. The second-order valence-electron chi connectivity index (χ2n) is 9.38. The third kappa shape index (κ3) is 6.11. The Labute approximate surface area is 193 Å². The van der Waals surface area contributed by atoms with Crippen molar-refractivity contribution in [1.82, 2.24) is 0 Å². The fraction of sp³-hybridized carbons (Fsp3) is 0.286. The van der Waals surface area contributed by atoms with Crippen molar-refractivity contribution in [1.29, 1.82) is 0 Å². The largest absolute Gasteiger partial charge is 0.485 e. The second kappa shape index (κ2) is 10.2. The molecule has 0 saturated carbocycles. The third-order valence-electron chi connectivity index (χ3n) is 4.85. The highest BCUT2D eigenvalue weighted by atomic mass is 28.4. The van der Waals surface area contributed by atoms with Crippen LogP contribution in [0.2, 0.25) is 0 Å². The van der Waals surface area contributed by atoms with Crippen molar-refractivity contribution in [2.24, 2.45) is 0 Å². The number of hydrogen-bond acceptors (Lipinski definition) is 3. The van der Waals surface area contributed by atoms with Crippen LogP contribution in [-0.2, 0) is 14.2 Å². The van der Waals surface area contributed by atoms with Gasteiger partial charge in [-0.3, -0.25) is 0 Å². The molecule has 0 aliphatic carbocycles. The van der Waals surface area contributed by atoms with Crippen molar-refractivity contribution in [3.05, 3.63) is 91.0 Å². The Kier molecular flexibility index (Phi) is 7.58. The molecule has 0 aromatic heterocycles. The zero-order chi connectivity index (χ0) is 23.1. The molecule has 0 aliphatic heterocycles. The average molecular weight is 445 g/mol. The molecule has 0 saturated heterocycles. The van der Waals surface area contributed by atoms with Crippen molar-refractivity contribution in [2.75, 3.05) is 0 Å². The number of rotatable bonds is 7. The van der Waals surface area contributed by atoms with E-state index in [4.69, 9.17) is 14.2 Å². The Bertz CT molecular complexity index is 933. The number of hydrogen-bond donors (Lipinski definition) is 0. The van der Waals surface area contributed by atoms with Gasteiger partial charge < -0.3 is 4.43 Å². The molecule has 0 unspecified atom stereocenters. The summed E-state index contributed by atoms with van der Waals surface area (Å²) in [6, 6.07) is 31.2. The van der Waals surface area contributed by atoms with E-state index in [1.165, 1.54) is 0 Å². The molecule has 0 atom stereocenters. The lowest BCUT2D eigenvalue weighted by atomic mass is 10.1. The predicted octanol–water partition coefficient (Wildman–Crippen LogP) is 4.55. The maximum atomic E-state index is 6.61. The van der Waals surface area contributed by atoms with Gasteiger partial charge in [0, 0.05) is 6.42 Å². The summed E-state index contributed by atoms with van der Waals surface area (Å²) in [4.78, 5) is 11.1. The van der Waals surface area contributed by atoms with Crippen molar-refractivity contribution < 1.29 is 14.2 Å². The van der Waals surface area contributed by atoms with Gasteiger partial charge in [-0.05, 0) is 50.2 Å². The smallest absolute Gasteiger partial charge is 0.359 e. The quantitative estimate of drug-likeness (QED) is 0.176. The zero-order valence-electron chi connectivity index (χ0n) is 19.6. The molecule has 0 aliphatic rings. The molecule has 0 heterocycles. The third-order valence-corrected chi connectivity index (χ3v) is 8.70. The molecule has 0 radical (unpaired) electrons. The Morgan fingerprint density at radius 3 is 1.41 bits per heavy atom. The van der Waals surface area contributed by atoms with E-state index in [2.05, 4.69) is 84.8 Å². The van der Waals surface area contributed by atoms with Gasteiger partial charge in [0.1, 0.15) is 5.60 Å². The van der Waals surface area contributed by atoms with Gasteiger partial charge in [0.15, 0.2) is 0 Å². The fourth-order valence-electron chi connectivity index (χ4n) is 3.32. The van der Waals surface area contributed by atoms with Gasteiger partial charge in [0.2, 0.25) is 0 Å². The van der Waals surface area contributed by atoms with E-state index in [1.807, 2.05) is 52.8 Å². The first-order valence-corrected chi connectivity index (χ1v) is 12.8. The highest BCUT2D eigenvalue weighted by Gasteiger charge is 2.43. The van der Waals surface area contributed by atoms with Crippen molar-refractivity contribution in [3.8, 4) is 12.0 Å². The average Bonchev–Trinajstić information content (AvgIpc) is 2.79. The molecule has 3 nitrogen and oxygen atoms in total. The first kappa shape index (κ1) is 23.8. The van der Waals surface area contributed by atoms with Crippen LogP contribution in [0.5, 0.6) is 0 Å². The van der Waals surface area contributed by atoms with Crippen molar-refractivity contribution >= 4 is 23.9 Å². The highest BCUT2D eigenvalue weighted by molar-refractivity contribution is 7.07. The summed E-state index contributed by atoms with van der Waals surface area (Å²) in [5, 5.41) is 3.45. The lowest BCUT2D eigenvalue weighted by Crippen LogP contribution is -2.68. The first-order valence-electron chi connectivity index (χ1n) is 10.9. The van der Waals surface area contributed by atoms with Gasteiger partial charge in [-0.1, -0.05) is 96.9 Å². The second-order valence-corrected chi connectivity index (χ2v) is 12.7. The topological polar surface area (TPSA) is 27.7 Å². The van der Waals surface area contributed by atoms with Crippen LogP contribution in [0, 0.1) is 12.0 Å².